The van der Waals surface area contributed by atoms with Gasteiger partial charge in [-0.05, 0) is 5.41 Å². The highest BCUT2D eigenvalue weighted by Gasteiger charge is 2.33. The van der Waals surface area contributed by atoms with E-state index in [9.17, 15) is 9.59 Å². The fourth-order valence-corrected chi connectivity index (χ4v) is 2.08. The van der Waals surface area contributed by atoms with Crippen LogP contribution >= 0.6 is 0 Å². The molecular formula is C14H27N3O2. The van der Waals surface area contributed by atoms with Crippen molar-refractivity contribution in [3.63, 3.8) is 0 Å². The molecule has 1 heterocycles. The molecule has 0 unspecified atom stereocenters. The molecule has 1 aliphatic rings. The molecule has 1 rings (SSSR count). The van der Waals surface area contributed by atoms with Gasteiger partial charge in [-0.25, -0.2) is 0 Å². The van der Waals surface area contributed by atoms with Crippen molar-refractivity contribution in [3.05, 3.63) is 0 Å². The van der Waals surface area contributed by atoms with Crippen LogP contribution in [0.1, 0.15) is 34.6 Å². The molecule has 0 aromatic rings. The number of rotatable bonds is 2. The van der Waals surface area contributed by atoms with Crippen molar-refractivity contribution in [2.75, 3.05) is 26.2 Å². The summed E-state index contributed by atoms with van der Waals surface area (Å²) in [5.74, 6) is 0.162. The second kappa shape index (κ2) is 5.90. The standard InChI is InChI=1S/C14H27N3O2/c1-10(2)12(18)16-6-8-17(9-7-16)13(19)11(15)14(3,4)5/h10-11H,6-9,15H2,1-5H3/t11-/m0/s1. The topological polar surface area (TPSA) is 66.6 Å². The lowest BCUT2D eigenvalue weighted by atomic mass is 9.86. The smallest absolute Gasteiger partial charge is 0.240 e. The number of nitrogens with two attached hydrogens (primary N) is 1. The van der Waals surface area contributed by atoms with E-state index >= 15 is 0 Å². The van der Waals surface area contributed by atoms with E-state index in [1.807, 2.05) is 39.5 Å². The summed E-state index contributed by atoms with van der Waals surface area (Å²) in [5, 5.41) is 0. The molecule has 110 valence electrons. The molecule has 1 atom stereocenters. The van der Waals surface area contributed by atoms with E-state index in [-0.39, 0.29) is 23.1 Å². The average molecular weight is 269 g/mol. The summed E-state index contributed by atoms with van der Waals surface area (Å²) in [6.07, 6.45) is 0. The largest absolute Gasteiger partial charge is 0.339 e. The molecule has 0 aromatic heterocycles. The highest BCUT2D eigenvalue weighted by Crippen LogP contribution is 2.20. The van der Waals surface area contributed by atoms with Gasteiger partial charge in [0.15, 0.2) is 0 Å². The normalized spacial score (nSPS) is 18.7. The van der Waals surface area contributed by atoms with Crippen molar-refractivity contribution in [3.8, 4) is 0 Å². The Morgan fingerprint density at radius 1 is 0.947 bits per heavy atom. The zero-order valence-electron chi connectivity index (χ0n) is 12.8. The van der Waals surface area contributed by atoms with Gasteiger partial charge in [0.25, 0.3) is 0 Å². The Labute approximate surface area is 116 Å². The first-order chi connectivity index (χ1) is 8.64. The third kappa shape index (κ3) is 3.93. The Bertz CT molecular complexity index is 339. The first-order valence-electron chi connectivity index (χ1n) is 6.97. The van der Waals surface area contributed by atoms with Gasteiger partial charge in [-0.1, -0.05) is 34.6 Å². The third-order valence-corrected chi connectivity index (χ3v) is 3.60. The molecule has 2 N–H and O–H groups in total. The lowest BCUT2D eigenvalue weighted by molar-refractivity contribution is -0.143. The number of nitrogens with zero attached hydrogens (tertiary/aromatic N) is 2. The van der Waals surface area contributed by atoms with Crippen LogP contribution in [0.25, 0.3) is 0 Å². The first kappa shape index (κ1) is 16.0. The monoisotopic (exact) mass is 269 g/mol. The van der Waals surface area contributed by atoms with Gasteiger partial charge in [-0.15, -0.1) is 0 Å². The molecular weight excluding hydrogens is 242 g/mol. The minimum Gasteiger partial charge on any atom is -0.339 e. The molecule has 0 aliphatic carbocycles. The van der Waals surface area contributed by atoms with Crippen LogP contribution in [0, 0.1) is 11.3 Å². The second-order valence-corrected chi connectivity index (χ2v) is 6.65. The van der Waals surface area contributed by atoms with E-state index < -0.39 is 6.04 Å². The predicted molar refractivity (Wildman–Crippen MR) is 75.4 cm³/mol. The van der Waals surface area contributed by atoms with E-state index in [4.69, 9.17) is 5.73 Å². The number of hydrogen-bond acceptors (Lipinski definition) is 3. The van der Waals surface area contributed by atoms with Crippen molar-refractivity contribution in [2.24, 2.45) is 17.1 Å². The zero-order valence-corrected chi connectivity index (χ0v) is 12.8. The van der Waals surface area contributed by atoms with Gasteiger partial charge < -0.3 is 15.5 Å². The van der Waals surface area contributed by atoms with E-state index in [1.54, 1.807) is 4.90 Å². The van der Waals surface area contributed by atoms with Gasteiger partial charge in [0.1, 0.15) is 0 Å². The van der Waals surface area contributed by atoms with E-state index in [2.05, 4.69) is 0 Å². The Morgan fingerprint density at radius 3 is 1.63 bits per heavy atom. The van der Waals surface area contributed by atoms with Crippen LogP contribution in [-0.2, 0) is 9.59 Å². The van der Waals surface area contributed by atoms with Crippen LogP contribution in [0.2, 0.25) is 0 Å². The van der Waals surface area contributed by atoms with Crippen LogP contribution in [0.15, 0.2) is 0 Å². The van der Waals surface area contributed by atoms with Gasteiger partial charge in [0, 0.05) is 32.1 Å². The van der Waals surface area contributed by atoms with Crippen LogP contribution in [0.5, 0.6) is 0 Å². The SMILES string of the molecule is CC(C)C(=O)N1CCN(C(=O)[C@H](N)C(C)(C)C)CC1. The maximum atomic E-state index is 12.3. The molecule has 0 radical (unpaired) electrons. The Hall–Kier alpha value is -1.10. The summed E-state index contributed by atoms with van der Waals surface area (Å²) in [6.45, 7) is 12.1. The van der Waals surface area contributed by atoms with Gasteiger partial charge in [0.05, 0.1) is 6.04 Å². The molecule has 2 amide bonds. The number of piperazine rings is 1. The molecule has 1 aliphatic heterocycles. The van der Waals surface area contributed by atoms with E-state index in [1.165, 1.54) is 0 Å². The van der Waals surface area contributed by atoms with Crippen molar-refractivity contribution in [2.45, 2.75) is 40.7 Å². The lowest BCUT2D eigenvalue weighted by Crippen LogP contribution is -2.57. The summed E-state index contributed by atoms with van der Waals surface area (Å²) in [7, 11) is 0. The molecule has 5 nitrogen and oxygen atoms in total. The summed E-state index contributed by atoms with van der Waals surface area (Å²) < 4.78 is 0. The second-order valence-electron chi connectivity index (χ2n) is 6.65. The Kier molecular flexibility index (Phi) is 4.96. The number of carbonyl (C=O) groups excluding carboxylic acids is 2. The van der Waals surface area contributed by atoms with Gasteiger partial charge in [0.2, 0.25) is 11.8 Å². The quantitative estimate of drug-likeness (QED) is 0.802. The van der Waals surface area contributed by atoms with Crippen LogP contribution in [0.4, 0.5) is 0 Å². The van der Waals surface area contributed by atoms with E-state index in [0.29, 0.717) is 26.2 Å². The maximum absolute atomic E-state index is 12.3. The Balaban J connectivity index is 2.55. The molecule has 0 spiro atoms. The average Bonchev–Trinajstić information content (AvgIpc) is 2.35. The maximum Gasteiger partial charge on any atom is 0.240 e. The van der Waals surface area contributed by atoms with Gasteiger partial charge in [-0.3, -0.25) is 9.59 Å². The van der Waals surface area contributed by atoms with Gasteiger partial charge in [-0.2, -0.15) is 0 Å². The third-order valence-electron chi connectivity index (χ3n) is 3.60. The number of carbonyl (C=O) groups is 2. The predicted octanol–water partition coefficient (Wildman–Crippen LogP) is 0.687. The molecule has 19 heavy (non-hydrogen) atoms. The van der Waals surface area contributed by atoms with Crippen LogP contribution in [0.3, 0.4) is 0 Å². The summed E-state index contributed by atoms with van der Waals surface area (Å²) in [4.78, 5) is 27.7. The molecule has 0 aromatic carbocycles. The molecule has 5 heteroatoms. The highest BCUT2D eigenvalue weighted by atomic mass is 16.2. The van der Waals surface area contributed by atoms with Crippen molar-refractivity contribution < 1.29 is 9.59 Å². The highest BCUT2D eigenvalue weighted by molar-refractivity contribution is 5.83. The van der Waals surface area contributed by atoms with Crippen molar-refractivity contribution in [1.82, 2.24) is 9.80 Å². The molecule has 0 bridgehead atoms. The van der Waals surface area contributed by atoms with E-state index in [0.717, 1.165) is 0 Å². The first-order valence-corrected chi connectivity index (χ1v) is 6.97. The lowest BCUT2D eigenvalue weighted by Gasteiger charge is -2.38. The number of amides is 2. The van der Waals surface area contributed by atoms with Crippen LogP contribution < -0.4 is 5.73 Å². The fraction of sp³-hybridized carbons (Fsp3) is 0.857. The summed E-state index contributed by atoms with van der Waals surface area (Å²) >= 11 is 0. The Morgan fingerprint density at radius 2 is 1.32 bits per heavy atom. The molecule has 1 saturated heterocycles. The summed E-state index contributed by atoms with van der Waals surface area (Å²) in [5.41, 5.74) is 5.76. The minimum atomic E-state index is -0.486. The van der Waals surface area contributed by atoms with Crippen molar-refractivity contribution >= 4 is 11.8 Å². The summed E-state index contributed by atoms with van der Waals surface area (Å²) in [6, 6.07) is -0.486. The molecule has 1 fully saturated rings. The van der Waals surface area contributed by atoms with Gasteiger partial charge >= 0.3 is 0 Å². The zero-order chi connectivity index (χ0) is 14.8. The fourth-order valence-electron chi connectivity index (χ4n) is 2.08. The van der Waals surface area contributed by atoms with Crippen molar-refractivity contribution in [1.29, 1.82) is 0 Å². The molecule has 0 saturated carbocycles. The minimum absolute atomic E-state index is 0.0101. The number of hydrogen-bond donors (Lipinski definition) is 1. The van der Waals surface area contributed by atoms with Crippen LogP contribution in [-0.4, -0.2) is 53.8 Å².